The van der Waals surface area contributed by atoms with Crippen molar-refractivity contribution in [2.45, 2.75) is 32.2 Å². The molecular formula is C15H18F3N3O4S. The summed E-state index contributed by atoms with van der Waals surface area (Å²) in [6.07, 6.45) is -4.43. The van der Waals surface area contributed by atoms with Gasteiger partial charge in [-0.1, -0.05) is 36.3 Å². The molecule has 0 radical (unpaired) electrons. The van der Waals surface area contributed by atoms with Gasteiger partial charge in [0, 0.05) is 12.7 Å². The highest BCUT2D eigenvalue weighted by molar-refractivity contribution is 7.89. The van der Waals surface area contributed by atoms with E-state index in [1.807, 2.05) is 0 Å². The summed E-state index contributed by atoms with van der Waals surface area (Å²) in [5.74, 6) is -1.79. The molecule has 1 heterocycles. The topological polar surface area (TPSA) is 94.3 Å². The van der Waals surface area contributed by atoms with Crippen molar-refractivity contribution in [3.63, 3.8) is 0 Å². The summed E-state index contributed by atoms with van der Waals surface area (Å²) in [5.41, 5.74) is -0.517. The second kappa shape index (κ2) is 7.33. The number of nitrogens with zero attached hydrogens (tertiary/aromatic N) is 2. The number of ether oxygens (including phenoxy) is 1. The van der Waals surface area contributed by atoms with Crippen LogP contribution in [0.15, 0.2) is 28.8 Å². The molecular weight excluding hydrogens is 375 g/mol. The van der Waals surface area contributed by atoms with Crippen LogP contribution in [0.3, 0.4) is 0 Å². The predicted octanol–water partition coefficient (Wildman–Crippen LogP) is 2.90. The normalized spacial score (nSPS) is 15.0. The van der Waals surface area contributed by atoms with E-state index in [4.69, 9.17) is 4.74 Å². The van der Waals surface area contributed by atoms with E-state index in [9.17, 15) is 21.6 Å². The van der Waals surface area contributed by atoms with E-state index in [0.717, 1.165) is 0 Å². The van der Waals surface area contributed by atoms with Crippen LogP contribution in [0.2, 0.25) is 0 Å². The molecule has 1 N–H and O–H groups in total. The molecule has 0 fully saturated rings. The van der Waals surface area contributed by atoms with E-state index >= 15 is 0 Å². The Kier molecular flexibility index (Phi) is 5.73. The molecule has 1 atom stereocenters. The maximum atomic E-state index is 12.5. The third-order valence-electron chi connectivity index (χ3n) is 3.82. The second-order valence-electron chi connectivity index (χ2n) is 5.39. The van der Waals surface area contributed by atoms with Gasteiger partial charge in [-0.3, -0.25) is 0 Å². The Morgan fingerprint density at radius 3 is 2.23 bits per heavy atom. The molecule has 1 aromatic carbocycles. The number of benzene rings is 1. The van der Waals surface area contributed by atoms with Gasteiger partial charge < -0.3 is 9.26 Å². The average Bonchev–Trinajstić information content (AvgIpc) is 3.10. The van der Waals surface area contributed by atoms with Gasteiger partial charge in [0.2, 0.25) is 15.8 Å². The van der Waals surface area contributed by atoms with Crippen molar-refractivity contribution in [1.29, 1.82) is 0 Å². The van der Waals surface area contributed by atoms with Gasteiger partial charge in [-0.25, -0.2) is 8.42 Å². The van der Waals surface area contributed by atoms with Crippen LogP contribution in [-0.2, 0) is 26.7 Å². The van der Waals surface area contributed by atoms with Gasteiger partial charge in [0.25, 0.3) is 0 Å². The first kappa shape index (κ1) is 20.3. The summed E-state index contributed by atoms with van der Waals surface area (Å²) in [7, 11) is -2.20. The van der Waals surface area contributed by atoms with Crippen LogP contribution in [0, 0.1) is 0 Å². The van der Waals surface area contributed by atoms with E-state index in [-0.39, 0.29) is 17.1 Å². The minimum absolute atomic E-state index is 0.126. The van der Waals surface area contributed by atoms with Crippen molar-refractivity contribution in [2.75, 3.05) is 12.9 Å². The van der Waals surface area contributed by atoms with Gasteiger partial charge in [-0.2, -0.15) is 22.9 Å². The van der Waals surface area contributed by atoms with Crippen LogP contribution in [0.1, 0.15) is 31.7 Å². The largest absolute Gasteiger partial charge is 0.471 e. The molecule has 0 amide bonds. The molecule has 2 rings (SSSR count). The molecule has 0 aliphatic heterocycles. The van der Waals surface area contributed by atoms with Crippen LogP contribution in [0.4, 0.5) is 13.2 Å². The van der Waals surface area contributed by atoms with Crippen LogP contribution < -0.4 is 4.72 Å². The standard InChI is InChI=1S/C15H18F3N3O4S/c1-4-14(24-3,21-26(22,23)5-2)11-8-6-10(7-9-11)12-19-13(25-20-12)15(16,17)18/h6-9,21H,4-5H2,1-3H3. The van der Waals surface area contributed by atoms with Gasteiger partial charge in [0.15, 0.2) is 5.72 Å². The van der Waals surface area contributed by atoms with Crippen LogP contribution in [-0.4, -0.2) is 31.4 Å². The van der Waals surface area contributed by atoms with Crippen molar-refractivity contribution in [3.8, 4) is 11.4 Å². The van der Waals surface area contributed by atoms with E-state index in [1.54, 1.807) is 6.92 Å². The summed E-state index contributed by atoms with van der Waals surface area (Å²) in [6, 6.07) is 5.99. The van der Waals surface area contributed by atoms with Crippen molar-refractivity contribution < 1.29 is 30.8 Å². The highest BCUT2D eigenvalue weighted by Gasteiger charge is 2.39. The fourth-order valence-electron chi connectivity index (χ4n) is 2.31. The van der Waals surface area contributed by atoms with Crippen LogP contribution >= 0.6 is 0 Å². The van der Waals surface area contributed by atoms with E-state index in [0.29, 0.717) is 12.0 Å². The third kappa shape index (κ3) is 4.22. The summed E-state index contributed by atoms with van der Waals surface area (Å²) >= 11 is 0. The fourth-order valence-corrected chi connectivity index (χ4v) is 3.30. The SMILES string of the molecule is CCC(NS(=O)(=O)CC)(OC)c1ccc(-c2noc(C(F)(F)F)n2)cc1. The number of rotatable bonds is 7. The first-order chi connectivity index (χ1) is 12.1. The molecule has 26 heavy (non-hydrogen) atoms. The number of hydrogen-bond donors (Lipinski definition) is 1. The fraction of sp³-hybridized carbons (Fsp3) is 0.467. The molecule has 0 spiro atoms. The second-order valence-corrected chi connectivity index (χ2v) is 7.40. The number of sulfonamides is 1. The number of nitrogens with one attached hydrogen (secondary N) is 1. The number of aromatic nitrogens is 2. The van der Waals surface area contributed by atoms with E-state index in [2.05, 4.69) is 19.4 Å². The van der Waals surface area contributed by atoms with Crippen LogP contribution in [0.5, 0.6) is 0 Å². The Hall–Kier alpha value is -1.98. The van der Waals surface area contributed by atoms with Crippen molar-refractivity contribution in [1.82, 2.24) is 14.9 Å². The molecule has 0 bridgehead atoms. The first-order valence-electron chi connectivity index (χ1n) is 7.65. The number of hydrogen-bond acceptors (Lipinski definition) is 6. The maximum absolute atomic E-state index is 12.5. The van der Waals surface area contributed by atoms with Gasteiger partial charge in [-0.05, 0) is 18.9 Å². The zero-order chi connectivity index (χ0) is 19.6. The maximum Gasteiger partial charge on any atom is 0.471 e. The summed E-state index contributed by atoms with van der Waals surface area (Å²) in [5, 5.41) is 3.31. The molecule has 0 saturated heterocycles. The lowest BCUT2D eigenvalue weighted by molar-refractivity contribution is -0.159. The Morgan fingerprint density at radius 2 is 1.81 bits per heavy atom. The third-order valence-corrected chi connectivity index (χ3v) is 5.23. The zero-order valence-electron chi connectivity index (χ0n) is 14.3. The van der Waals surface area contributed by atoms with E-state index in [1.165, 1.54) is 38.3 Å². The number of methoxy groups -OCH3 is 1. The minimum Gasteiger partial charge on any atom is -0.359 e. The molecule has 0 aliphatic rings. The summed E-state index contributed by atoms with van der Waals surface area (Å²) in [4.78, 5) is 3.31. The van der Waals surface area contributed by atoms with Crippen molar-refractivity contribution >= 4 is 10.0 Å². The predicted molar refractivity (Wildman–Crippen MR) is 86.3 cm³/mol. The highest BCUT2D eigenvalue weighted by atomic mass is 32.2. The molecule has 0 aliphatic carbocycles. The molecule has 1 aromatic heterocycles. The highest BCUT2D eigenvalue weighted by Crippen LogP contribution is 2.31. The number of halogens is 3. The summed E-state index contributed by atoms with van der Waals surface area (Å²) in [6.45, 7) is 3.24. The van der Waals surface area contributed by atoms with Gasteiger partial charge in [0.1, 0.15) is 0 Å². The first-order valence-corrected chi connectivity index (χ1v) is 9.30. The molecule has 7 nitrogen and oxygen atoms in total. The lowest BCUT2D eigenvalue weighted by Gasteiger charge is -2.32. The Morgan fingerprint density at radius 1 is 1.19 bits per heavy atom. The Bertz CT molecular complexity index is 844. The summed E-state index contributed by atoms with van der Waals surface area (Å²) < 4.78 is 73.7. The molecule has 1 unspecified atom stereocenters. The molecule has 0 saturated carbocycles. The zero-order valence-corrected chi connectivity index (χ0v) is 15.1. The van der Waals surface area contributed by atoms with Gasteiger partial charge in [-0.15, -0.1) is 0 Å². The van der Waals surface area contributed by atoms with E-state index < -0.39 is 27.8 Å². The van der Waals surface area contributed by atoms with Crippen LogP contribution in [0.25, 0.3) is 11.4 Å². The van der Waals surface area contributed by atoms with Crippen molar-refractivity contribution in [2.24, 2.45) is 0 Å². The molecule has 11 heteroatoms. The Labute approximate surface area is 148 Å². The smallest absolute Gasteiger partial charge is 0.359 e. The van der Waals surface area contributed by atoms with Crippen molar-refractivity contribution in [3.05, 3.63) is 35.7 Å². The minimum atomic E-state index is -4.73. The molecule has 144 valence electrons. The average molecular weight is 393 g/mol. The Balaban J connectivity index is 2.36. The quantitative estimate of drug-likeness (QED) is 0.727. The lowest BCUT2D eigenvalue weighted by atomic mass is 9.99. The van der Waals surface area contributed by atoms with Gasteiger partial charge >= 0.3 is 12.1 Å². The molecule has 2 aromatic rings. The monoisotopic (exact) mass is 393 g/mol. The lowest BCUT2D eigenvalue weighted by Crippen LogP contribution is -2.47. The number of alkyl halides is 3. The van der Waals surface area contributed by atoms with Gasteiger partial charge in [0.05, 0.1) is 5.75 Å².